The van der Waals surface area contributed by atoms with E-state index in [1.807, 2.05) is 4.90 Å². The number of amides is 1. The van der Waals surface area contributed by atoms with Gasteiger partial charge < -0.3 is 10.2 Å². The summed E-state index contributed by atoms with van der Waals surface area (Å²) in [6.45, 7) is 4.82. The SMILES string of the molecule is CCCN(C(=O)CSc1ccc([N+](=O)[O-])cc1)C1CCNCC1. The molecule has 0 unspecified atom stereocenters. The second kappa shape index (κ2) is 8.88. The van der Waals surface area contributed by atoms with Crippen molar-refractivity contribution in [3.05, 3.63) is 34.4 Å². The van der Waals surface area contributed by atoms with Crippen LogP contribution in [0.4, 0.5) is 5.69 Å². The lowest BCUT2D eigenvalue weighted by Crippen LogP contribution is -2.47. The van der Waals surface area contributed by atoms with E-state index in [2.05, 4.69) is 12.2 Å². The molecule has 126 valence electrons. The molecule has 1 fully saturated rings. The number of carbonyl (C=O) groups is 1. The van der Waals surface area contributed by atoms with Gasteiger partial charge >= 0.3 is 0 Å². The molecule has 1 heterocycles. The largest absolute Gasteiger partial charge is 0.339 e. The Bertz CT molecular complexity index is 530. The van der Waals surface area contributed by atoms with Crippen LogP contribution < -0.4 is 5.32 Å². The van der Waals surface area contributed by atoms with Crippen molar-refractivity contribution in [2.75, 3.05) is 25.4 Å². The molecule has 1 N–H and O–H groups in total. The van der Waals surface area contributed by atoms with Crippen molar-refractivity contribution in [2.24, 2.45) is 0 Å². The van der Waals surface area contributed by atoms with Gasteiger partial charge in [0.15, 0.2) is 0 Å². The molecule has 0 spiro atoms. The molecule has 23 heavy (non-hydrogen) atoms. The summed E-state index contributed by atoms with van der Waals surface area (Å²) in [7, 11) is 0. The molecule has 7 heteroatoms. The number of non-ortho nitro benzene ring substituents is 1. The summed E-state index contributed by atoms with van der Waals surface area (Å²) < 4.78 is 0. The van der Waals surface area contributed by atoms with Gasteiger partial charge in [-0.15, -0.1) is 11.8 Å². The number of benzene rings is 1. The molecular weight excluding hydrogens is 314 g/mol. The topological polar surface area (TPSA) is 75.5 Å². The van der Waals surface area contributed by atoms with Gasteiger partial charge in [-0.25, -0.2) is 0 Å². The van der Waals surface area contributed by atoms with Crippen LogP contribution in [-0.2, 0) is 4.79 Å². The van der Waals surface area contributed by atoms with Gasteiger partial charge in [-0.3, -0.25) is 14.9 Å². The fourth-order valence-electron chi connectivity index (χ4n) is 2.76. The van der Waals surface area contributed by atoms with Crippen LogP contribution in [0, 0.1) is 10.1 Å². The number of nitro groups is 1. The van der Waals surface area contributed by atoms with E-state index in [1.165, 1.54) is 23.9 Å². The molecule has 0 saturated carbocycles. The van der Waals surface area contributed by atoms with Crippen LogP contribution in [0.25, 0.3) is 0 Å². The minimum Gasteiger partial charge on any atom is -0.339 e. The van der Waals surface area contributed by atoms with E-state index in [9.17, 15) is 14.9 Å². The minimum absolute atomic E-state index is 0.0722. The highest BCUT2D eigenvalue weighted by Crippen LogP contribution is 2.23. The van der Waals surface area contributed by atoms with Crippen LogP contribution in [0.15, 0.2) is 29.2 Å². The standard InChI is InChI=1S/C16H23N3O3S/c1-2-11-18(13-7-9-17-10-8-13)16(20)12-23-15-5-3-14(4-6-15)19(21)22/h3-6,13,17H,2,7-12H2,1H3. The van der Waals surface area contributed by atoms with Crippen molar-refractivity contribution < 1.29 is 9.72 Å². The molecular formula is C16H23N3O3S. The Morgan fingerprint density at radius 1 is 1.35 bits per heavy atom. The predicted molar refractivity (Wildman–Crippen MR) is 91.7 cm³/mol. The molecule has 1 aliphatic heterocycles. The summed E-state index contributed by atoms with van der Waals surface area (Å²) in [5.41, 5.74) is 0.0722. The smallest absolute Gasteiger partial charge is 0.269 e. The quantitative estimate of drug-likeness (QED) is 0.470. The maximum Gasteiger partial charge on any atom is 0.269 e. The van der Waals surface area contributed by atoms with Crippen molar-refractivity contribution in [2.45, 2.75) is 37.1 Å². The number of nitrogens with one attached hydrogen (secondary N) is 1. The van der Waals surface area contributed by atoms with Crippen molar-refractivity contribution in [3.63, 3.8) is 0 Å². The average Bonchev–Trinajstić information content (AvgIpc) is 2.58. The molecule has 2 rings (SSSR count). The second-order valence-corrected chi connectivity index (χ2v) is 6.66. The summed E-state index contributed by atoms with van der Waals surface area (Å²) in [4.78, 5) is 25.7. The fraction of sp³-hybridized carbons (Fsp3) is 0.562. The van der Waals surface area contributed by atoms with Gasteiger partial charge in [0.05, 0.1) is 10.7 Å². The Morgan fingerprint density at radius 2 is 2.00 bits per heavy atom. The van der Waals surface area contributed by atoms with E-state index < -0.39 is 4.92 Å². The van der Waals surface area contributed by atoms with Gasteiger partial charge in [0, 0.05) is 29.6 Å². The van der Waals surface area contributed by atoms with Crippen LogP contribution in [0.2, 0.25) is 0 Å². The summed E-state index contributed by atoms with van der Waals surface area (Å²) in [5.74, 6) is 0.531. The number of rotatable bonds is 7. The van der Waals surface area contributed by atoms with Gasteiger partial charge in [-0.1, -0.05) is 6.92 Å². The highest BCUT2D eigenvalue weighted by molar-refractivity contribution is 8.00. The van der Waals surface area contributed by atoms with Gasteiger partial charge in [0.1, 0.15) is 0 Å². The zero-order valence-electron chi connectivity index (χ0n) is 13.4. The predicted octanol–water partition coefficient (Wildman–Crippen LogP) is 2.68. The Morgan fingerprint density at radius 3 is 2.57 bits per heavy atom. The van der Waals surface area contributed by atoms with E-state index in [0.717, 1.165) is 43.8 Å². The number of thioether (sulfide) groups is 1. The van der Waals surface area contributed by atoms with Crippen LogP contribution in [0.3, 0.4) is 0 Å². The molecule has 1 aromatic rings. The monoisotopic (exact) mass is 337 g/mol. The summed E-state index contributed by atoms with van der Waals surface area (Å²) in [5, 5.41) is 14.0. The Balaban J connectivity index is 1.91. The van der Waals surface area contributed by atoms with E-state index >= 15 is 0 Å². The van der Waals surface area contributed by atoms with E-state index in [-0.39, 0.29) is 11.6 Å². The number of hydrogen-bond acceptors (Lipinski definition) is 5. The molecule has 1 aromatic carbocycles. The highest BCUT2D eigenvalue weighted by atomic mass is 32.2. The maximum atomic E-state index is 12.6. The Labute approximate surface area is 140 Å². The van der Waals surface area contributed by atoms with Gasteiger partial charge in [-0.05, 0) is 44.5 Å². The lowest BCUT2D eigenvalue weighted by molar-refractivity contribution is -0.384. The number of hydrogen-bond donors (Lipinski definition) is 1. The Kier molecular flexibility index (Phi) is 6.85. The van der Waals surface area contributed by atoms with Gasteiger partial charge in [0.25, 0.3) is 5.69 Å². The van der Waals surface area contributed by atoms with Crippen molar-refractivity contribution in [3.8, 4) is 0 Å². The highest BCUT2D eigenvalue weighted by Gasteiger charge is 2.24. The first-order valence-electron chi connectivity index (χ1n) is 7.99. The molecule has 0 aliphatic carbocycles. The van der Waals surface area contributed by atoms with Crippen LogP contribution in [0.5, 0.6) is 0 Å². The van der Waals surface area contributed by atoms with Crippen molar-refractivity contribution >= 4 is 23.4 Å². The fourth-order valence-corrected chi connectivity index (χ4v) is 3.55. The molecule has 0 atom stereocenters. The summed E-state index contributed by atoms with van der Waals surface area (Å²) in [6.07, 6.45) is 2.97. The second-order valence-electron chi connectivity index (χ2n) is 5.61. The van der Waals surface area contributed by atoms with Gasteiger partial charge in [0.2, 0.25) is 5.91 Å². The lowest BCUT2D eigenvalue weighted by atomic mass is 10.0. The molecule has 0 aromatic heterocycles. The first-order valence-corrected chi connectivity index (χ1v) is 8.97. The zero-order valence-corrected chi connectivity index (χ0v) is 14.2. The van der Waals surface area contributed by atoms with Crippen LogP contribution in [-0.4, -0.2) is 47.2 Å². The van der Waals surface area contributed by atoms with E-state index in [4.69, 9.17) is 0 Å². The lowest BCUT2D eigenvalue weighted by Gasteiger charge is -2.34. The first kappa shape index (κ1) is 17.7. The number of piperidine rings is 1. The molecule has 6 nitrogen and oxygen atoms in total. The van der Waals surface area contributed by atoms with Crippen molar-refractivity contribution in [1.29, 1.82) is 0 Å². The normalized spacial score (nSPS) is 15.3. The van der Waals surface area contributed by atoms with Crippen LogP contribution >= 0.6 is 11.8 Å². The summed E-state index contributed by atoms with van der Waals surface area (Å²) in [6, 6.07) is 6.68. The molecule has 1 amide bonds. The number of nitrogens with zero attached hydrogens (tertiary/aromatic N) is 2. The third-order valence-corrected chi connectivity index (χ3v) is 4.94. The third kappa shape index (κ3) is 5.21. The summed E-state index contributed by atoms with van der Waals surface area (Å²) >= 11 is 1.44. The maximum absolute atomic E-state index is 12.6. The van der Waals surface area contributed by atoms with Crippen LogP contribution in [0.1, 0.15) is 26.2 Å². The number of carbonyl (C=O) groups excluding carboxylic acids is 1. The third-order valence-electron chi connectivity index (χ3n) is 3.94. The number of nitro benzene ring substituents is 1. The average molecular weight is 337 g/mol. The Hall–Kier alpha value is -1.60. The molecule has 0 bridgehead atoms. The minimum atomic E-state index is -0.417. The molecule has 0 radical (unpaired) electrons. The van der Waals surface area contributed by atoms with Gasteiger partial charge in [-0.2, -0.15) is 0 Å². The van der Waals surface area contributed by atoms with Crippen molar-refractivity contribution in [1.82, 2.24) is 10.2 Å². The first-order chi connectivity index (χ1) is 11.1. The molecule has 1 aliphatic rings. The van der Waals surface area contributed by atoms with E-state index in [1.54, 1.807) is 12.1 Å². The van der Waals surface area contributed by atoms with E-state index in [0.29, 0.717) is 11.8 Å². The zero-order chi connectivity index (χ0) is 16.7. The molecule has 1 saturated heterocycles.